The number of carbonyl (C=O) groups excluding carboxylic acids is 2. The van der Waals surface area contributed by atoms with Gasteiger partial charge >= 0.3 is 6.03 Å². The zero-order valence-electron chi connectivity index (χ0n) is 16.9. The van der Waals surface area contributed by atoms with Gasteiger partial charge < -0.3 is 15.4 Å². The highest BCUT2D eigenvalue weighted by Crippen LogP contribution is 2.24. The van der Waals surface area contributed by atoms with Crippen molar-refractivity contribution in [2.24, 2.45) is 0 Å². The molecule has 0 bridgehead atoms. The highest BCUT2D eigenvalue weighted by atomic mass is 32.1. The zero-order valence-corrected chi connectivity index (χ0v) is 17.8. The molecule has 3 N–H and O–H groups in total. The van der Waals surface area contributed by atoms with E-state index in [1.54, 1.807) is 48.8 Å². The molecule has 7 nitrogen and oxygen atoms in total. The minimum absolute atomic E-state index is 0.268. The van der Waals surface area contributed by atoms with Gasteiger partial charge in [-0.05, 0) is 42.5 Å². The number of pyridine rings is 1. The van der Waals surface area contributed by atoms with Crippen molar-refractivity contribution in [1.82, 2.24) is 4.98 Å². The Labute approximate surface area is 189 Å². The summed E-state index contributed by atoms with van der Waals surface area (Å²) in [4.78, 5) is 29.3. The third kappa shape index (κ3) is 5.93. The monoisotopic (exact) mass is 444 g/mol. The van der Waals surface area contributed by atoms with Gasteiger partial charge in [0.2, 0.25) is 0 Å². The summed E-state index contributed by atoms with van der Waals surface area (Å²) < 4.78 is 5.77. The number of benzene rings is 2. The minimum Gasteiger partial charge on any atom is -0.489 e. The molecular weight excluding hydrogens is 424 g/mol. The maximum atomic E-state index is 12.6. The van der Waals surface area contributed by atoms with Crippen LogP contribution in [0.3, 0.4) is 0 Å². The molecule has 0 aliphatic heterocycles. The van der Waals surface area contributed by atoms with Crippen LogP contribution in [-0.2, 0) is 6.61 Å². The number of nitrogens with one attached hydrogen (secondary N) is 3. The number of hydrogen-bond acceptors (Lipinski definition) is 5. The molecule has 0 radical (unpaired) electrons. The Balaban J connectivity index is 1.32. The van der Waals surface area contributed by atoms with Crippen LogP contribution in [0.5, 0.6) is 5.75 Å². The molecule has 0 saturated heterocycles. The van der Waals surface area contributed by atoms with Gasteiger partial charge in [-0.1, -0.05) is 30.3 Å². The number of urea groups is 1. The molecule has 0 fully saturated rings. The highest BCUT2D eigenvalue weighted by molar-refractivity contribution is 7.18. The molecule has 2 aromatic heterocycles. The molecule has 0 unspecified atom stereocenters. The number of para-hydroxylation sites is 1. The van der Waals surface area contributed by atoms with E-state index in [4.69, 9.17) is 4.74 Å². The normalized spacial score (nSPS) is 10.2. The molecule has 8 heteroatoms. The van der Waals surface area contributed by atoms with E-state index in [2.05, 4.69) is 20.9 Å². The summed E-state index contributed by atoms with van der Waals surface area (Å²) in [7, 11) is 0. The summed E-state index contributed by atoms with van der Waals surface area (Å²) in [6.07, 6.45) is 3.45. The van der Waals surface area contributed by atoms with Crippen LogP contribution in [-0.4, -0.2) is 16.9 Å². The van der Waals surface area contributed by atoms with Gasteiger partial charge in [0.25, 0.3) is 5.91 Å². The fourth-order valence-corrected chi connectivity index (χ4v) is 3.63. The Morgan fingerprint density at radius 2 is 1.69 bits per heavy atom. The summed E-state index contributed by atoms with van der Waals surface area (Å²) in [5.41, 5.74) is 2.26. The molecule has 4 aromatic rings. The van der Waals surface area contributed by atoms with Crippen LogP contribution >= 0.6 is 11.3 Å². The van der Waals surface area contributed by atoms with Crippen LogP contribution < -0.4 is 20.7 Å². The van der Waals surface area contributed by atoms with E-state index in [0.717, 1.165) is 5.56 Å². The first-order valence-electron chi connectivity index (χ1n) is 9.82. The Bertz CT molecular complexity index is 1200. The second kappa shape index (κ2) is 10.2. The van der Waals surface area contributed by atoms with Gasteiger partial charge in [0.05, 0.1) is 9.88 Å². The SMILES string of the molecule is O=C(Nc1ccccc1)Nc1ccc(C(=O)Nc2cccc(OCc3cccnc3)c2)s1. The van der Waals surface area contributed by atoms with Crippen molar-refractivity contribution in [3.8, 4) is 5.75 Å². The van der Waals surface area contributed by atoms with Crippen molar-refractivity contribution in [2.45, 2.75) is 6.61 Å². The number of thiophene rings is 1. The highest BCUT2D eigenvalue weighted by Gasteiger charge is 2.12. The average Bonchev–Trinajstić information content (AvgIpc) is 3.28. The average molecular weight is 445 g/mol. The Morgan fingerprint density at radius 3 is 2.50 bits per heavy atom. The molecule has 2 heterocycles. The van der Waals surface area contributed by atoms with Crippen LogP contribution in [0.1, 0.15) is 15.2 Å². The van der Waals surface area contributed by atoms with Gasteiger partial charge in [0, 0.05) is 35.4 Å². The van der Waals surface area contributed by atoms with Crippen LogP contribution in [0.25, 0.3) is 0 Å². The molecule has 4 rings (SSSR count). The number of ether oxygens (including phenoxy) is 1. The summed E-state index contributed by atoms with van der Waals surface area (Å²) in [5, 5.41) is 8.89. The van der Waals surface area contributed by atoms with Crippen molar-refractivity contribution in [3.05, 3.63) is 102 Å². The third-order valence-electron chi connectivity index (χ3n) is 4.32. The molecule has 0 atom stereocenters. The number of rotatable bonds is 7. The summed E-state index contributed by atoms with van der Waals surface area (Å²) in [5.74, 6) is 0.369. The van der Waals surface area contributed by atoms with E-state index in [1.165, 1.54) is 11.3 Å². The second-order valence-electron chi connectivity index (χ2n) is 6.74. The predicted octanol–water partition coefficient (Wildman–Crippen LogP) is 5.62. The lowest BCUT2D eigenvalue weighted by molar-refractivity contribution is 0.103. The maximum Gasteiger partial charge on any atom is 0.324 e. The Morgan fingerprint density at radius 1 is 0.844 bits per heavy atom. The van der Waals surface area contributed by atoms with Gasteiger partial charge in [0.15, 0.2) is 0 Å². The molecule has 0 aliphatic carbocycles. The van der Waals surface area contributed by atoms with Crippen molar-refractivity contribution in [1.29, 1.82) is 0 Å². The Hall–Kier alpha value is -4.17. The van der Waals surface area contributed by atoms with E-state index in [0.29, 0.717) is 33.6 Å². The van der Waals surface area contributed by atoms with Crippen LogP contribution in [0.2, 0.25) is 0 Å². The first kappa shape index (κ1) is 21.1. The smallest absolute Gasteiger partial charge is 0.324 e. The van der Waals surface area contributed by atoms with Crippen molar-refractivity contribution in [2.75, 3.05) is 16.0 Å². The minimum atomic E-state index is -0.372. The van der Waals surface area contributed by atoms with Gasteiger partial charge in [-0.15, -0.1) is 11.3 Å². The summed E-state index contributed by atoms with van der Waals surface area (Å²) in [6.45, 7) is 0.385. The van der Waals surface area contributed by atoms with Gasteiger partial charge in [0.1, 0.15) is 12.4 Å². The molecule has 0 saturated carbocycles. The molecule has 32 heavy (non-hydrogen) atoms. The fourth-order valence-electron chi connectivity index (χ4n) is 2.83. The molecule has 0 spiro atoms. The van der Waals surface area contributed by atoms with E-state index in [1.807, 2.05) is 42.5 Å². The van der Waals surface area contributed by atoms with Crippen LogP contribution in [0, 0.1) is 0 Å². The molecule has 0 aliphatic rings. The first-order valence-corrected chi connectivity index (χ1v) is 10.6. The van der Waals surface area contributed by atoms with Crippen molar-refractivity contribution in [3.63, 3.8) is 0 Å². The summed E-state index contributed by atoms with van der Waals surface area (Å²) in [6, 6.07) is 23.1. The van der Waals surface area contributed by atoms with Gasteiger partial charge in [-0.3, -0.25) is 15.1 Å². The first-order chi connectivity index (χ1) is 15.7. The van der Waals surface area contributed by atoms with Crippen LogP contribution in [0.4, 0.5) is 21.2 Å². The predicted molar refractivity (Wildman–Crippen MR) is 126 cm³/mol. The zero-order chi connectivity index (χ0) is 22.2. The number of carbonyl (C=O) groups is 2. The lowest BCUT2D eigenvalue weighted by Crippen LogP contribution is -2.18. The molecule has 160 valence electrons. The lowest BCUT2D eigenvalue weighted by atomic mass is 10.3. The standard InChI is InChI=1S/C24H20N4O3S/c29-23(21-11-12-22(32-21)28-24(30)27-18-7-2-1-3-8-18)26-19-9-4-10-20(14-19)31-16-17-6-5-13-25-15-17/h1-15H,16H2,(H,26,29)(H2,27,28,30). The number of hydrogen-bond donors (Lipinski definition) is 3. The van der Waals surface area contributed by atoms with Crippen molar-refractivity contribution >= 4 is 39.7 Å². The van der Waals surface area contributed by atoms with E-state index in [-0.39, 0.29) is 11.9 Å². The summed E-state index contributed by atoms with van der Waals surface area (Å²) >= 11 is 1.19. The van der Waals surface area contributed by atoms with Crippen molar-refractivity contribution < 1.29 is 14.3 Å². The van der Waals surface area contributed by atoms with E-state index in [9.17, 15) is 9.59 Å². The second-order valence-corrected chi connectivity index (χ2v) is 7.82. The number of nitrogens with zero attached hydrogens (tertiary/aromatic N) is 1. The number of anilines is 3. The Kier molecular flexibility index (Phi) is 6.74. The van der Waals surface area contributed by atoms with Crippen LogP contribution in [0.15, 0.2) is 91.3 Å². The largest absolute Gasteiger partial charge is 0.489 e. The molecule has 2 aromatic carbocycles. The topological polar surface area (TPSA) is 92.4 Å². The quantitative estimate of drug-likeness (QED) is 0.345. The van der Waals surface area contributed by atoms with Gasteiger partial charge in [-0.2, -0.15) is 0 Å². The maximum absolute atomic E-state index is 12.6. The third-order valence-corrected chi connectivity index (χ3v) is 5.32. The van der Waals surface area contributed by atoms with E-state index >= 15 is 0 Å². The fraction of sp³-hybridized carbons (Fsp3) is 0.0417. The van der Waals surface area contributed by atoms with Gasteiger partial charge in [-0.25, -0.2) is 4.79 Å². The number of amides is 3. The molecular formula is C24H20N4O3S. The number of aromatic nitrogens is 1. The van der Waals surface area contributed by atoms with E-state index < -0.39 is 0 Å². The molecule has 3 amide bonds. The lowest BCUT2D eigenvalue weighted by Gasteiger charge is -2.09.